The number of carbonyl (C=O) groups is 2. The molecule has 0 saturated carbocycles. The number of anilines is 1. The zero-order valence-corrected chi connectivity index (χ0v) is 13.3. The molecule has 0 radical (unpaired) electrons. The molecular weight excluding hydrogens is 310 g/mol. The number of H-pyrrole nitrogens is 1. The number of benzene rings is 2. The standard InChI is InChI=1S/C17H15N3O2S/c1-11(21)23-10-16(22)18-13-6-4-5-12(9-13)17-19-14-7-2-3-8-15(14)20-17/h2-9H,10H2,1H3,(H,18,22)(H,19,20). The average Bonchev–Trinajstić information content (AvgIpc) is 2.97. The van der Waals surface area contributed by atoms with Crippen LogP contribution in [0.1, 0.15) is 6.92 Å². The molecule has 3 rings (SSSR count). The number of hydrogen-bond acceptors (Lipinski definition) is 4. The molecule has 2 N–H and O–H groups in total. The fourth-order valence-corrected chi connectivity index (χ4v) is 2.60. The molecular formula is C17H15N3O2S. The lowest BCUT2D eigenvalue weighted by atomic mass is 10.2. The van der Waals surface area contributed by atoms with E-state index >= 15 is 0 Å². The Labute approximate surface area is 137 Å². The molecule has 1 heterocycles. The predicted molar refractivity (Wildman–Crippen MR) is 93.3 cm³/mol. The minimum Gasteiger partial charge on any atom is -0.338 e. The Balaban J connectivity index is 1.79. The van der Waals surface area contributed by atoms with Crippen molar-refractivity contribution in [1.29, 1.82) is 0 Å². The van der Waals surface area contributed by atoms with Crippen LogP contribution in [0.4, 0.5) is 5.69 Å². The summed E-state index contributed by atoms with van der Waals surface area (Å²) in [5, 5.41) is 2.71. The average molecular weight is 325 g/mol. The van der Waals surface area contributed by atoms with E-state index in [1.54, 1.807) is 0 Å². The van der Waals surface area contributed by atoms with Crippen LogP contribution < -0.4 is 5.32 Å². The minimum absolute atomic E-state index is 0.0730. The highest BCUT2D eigenvalue weighted by molar-refractivity contribution is 8.14. The molecule has 0 spiro atoms. The fourth-order valence-electron chi connectivity index (χ4n) is 2.20. The molecule has 116 valence electrons. The van der Waals surface area contributed by atoms with Crippen molar-refractivity contribution in [2.75, 3.05) is 11.1 Å². The van der Waals surface area contributed by atoms with E-state index in [1.807, 2.05) is 48.5 Å². The number of aromatic amines is 1. The van der Waals surface area contributed by atoms with Gasteiger partial charge in [-0.2, -0.15) is 0 Å². The van der Waals surface area contributed by atoms with Crippen LogP contribution in [0.25, 0.3) is 22.4 Å². The fraction of sp³-hybridized carbons (Fsp3) is 0.118. The first-order valence-electron chi connectivity index (χ1n) is 7.10. The van der Waals surface area contributed by atoms with E-state index in [-0.39, 0.29) is 16.8 Å². The molecule has 6 heteroatoms. The van der Waals surface area contributed by atoms with Gasteiger partial charge < -0.3 is 10.3 Å². The predicted octanol–water partition coefficient (Wildman–Crippen LogP) is 3.45. The van der Waals surface area contributed by atoms with Gasteiger partial charge in [-0.15, -0.1) is 0 Å². The van der Waals surface area contributed by atoms with Crippen molar-refractivity contribution in [2.24, 2.45) is 0 Å². The first-order chi connectivity index (χ1) is 11.1. The highest BCUT2D eigenvalue weighted by Crippen LogP contribution is 2.23. The van der Waals surface area contributed by atoms with Crippen molar-refractivity contribution in [1.82, 2.24) is 9.97 Å². The van der Waals surface area contributed by atoms with Crippen molar-refractivity contribution < 1.29 is 9.59 Å². The first kappa shape index (κ1) is 15.3. The summed E-state index contributed by atoms with van der Waals surface area (Å²) in [7, 11) is 0. The second-order valence-corrected chi connectivity index (χ2v) is 6.16. The number of para-hydroxylation sites is 2. The van der Waals surface area contributed by atoms with Crippen LogP contribution in [-0.4, -0.2) is 26.7 Å². The van der Waals surface area contributed by atoms with E-state index < -0.39 is 0 Å². The van der Waals surface area contributed by atoms with Gasteiger partial charge in [0.1, 0.15) is 5.82 Å². The molecule has 0 saturated heterocycles. The van der Waals surface area contributed by atoms with Gasteiger partial charge in [0.25, 0.3) is 0 Å². The van der Waals surface area contributed by atoms with E-state index in [4.69, 9.17) is 0 Å². The lowest BCUT2D eigenvalue weighted by Gasteiger charge is -2.05. The van der Waals surface area contributed by atoms with Crippen molar-refractivity contribution in [3.63, 3.8) is 0 Å². The number of nitrogens with one attached hydrogen (secondary N) is 2. The summed E-state index contributed by atoms with van der Waals surface area (Å²) in [6.07, 6.45) is 0. The molecule has 5 nitrogen and oxygen atoms in total. The lowest BCUT2D eigenvalue weighted by molar-refractivity contribution is -0.114. The SMILES string of the molecule is CC(=O)SCC(=O)Nc1cccc(-c2nc3ccccc3[nH]2)c1. The molecule has 0 bridgehead atoms. The van der Waals surface area contributed by atoms with Gasteiger partial charge in [0.2, 0.25) is 5.91 Å². The Morgan fingerprint density at radius 1 is 1.17 bits per heavy atom. The summed E-state index contributed by atoms with van der Waals surface area (Å²) in [4.78, 5) is 30.5. The number of thioether (sulfide) groups is 1. The van der Waals surface area contributed by atoms with Crippen molar-refractivity contribution in [3.8, 4) is 11.4 Å². The van der Waals surface area contributed by atoms with Gasteiger partial charge in [-0.1, -0.05) is 36.0 Å². The third-order valence-corrected chi connectivity index (χ3v) is 4.03. The Morgan fingerprint density at radius 3 is 2.78 bits per heavy atom. The van der Waals surface area contributed by atoms with Gasteiger partial charge in [0.15, 0.2) is 5.12 Å². The molecule has 23 heavy (non-hydrogen) atoms. The van der Waals surface area contributed by atoms with Crippen LogP contribution in [0.3, 0.4) is 0 Å². The van der Waals surface area contributed by atoms with E-state index in [1.165, 1.54) is 6.92 Å². The van der Waals surface area contributed by atoms with Gasteiger partial charge in [0.05, 0.1) is 16.8 Å². The number of hydrogen-bond donors (Lipinski definition) is 2. The van der Waals surface area contributed by atoms with Crippen LogP contribution in [0.5, 0.6) is 0 Å². The molecule has 0 aliphatic carbocycles. The highest BCUT2D eigenvalue weighted by Gasteiger charge is 2.08. The summed E-state index contributed by atoms with van der Waals surface area (Å²) in [5.41, 5.74) is 3.43. The van der Waals surface area contributed by atoms with Crippen LogP contribution in [0.15, 0.2) is 48.5 Å². The van der Waals surface area contributed by atoms with E-state index in [0.717, 1.165) is 34.2 Å². The summed E-state index contributed by atoms with van der Waals surface area (Å²) < 4.78 is 0. The first-order valence-corrected chi connectivity index (χ1v) is 8.09. The molecule has 1 aromatic heterocycles. The Bertz CT molecular complexity index is 840. The maximum atomic E-state index is 11.8. The zero-order chi connectivity index (χ0) is 16.2. The van der Waals surface area contributed by atoms with E-state index in [0.29, 0.717) is 5.69 Å². The number of carbonyl (C=O) groups excluding carboxylic acids is 2. The number of aromatic nitrogens is 2. The smallest absolute Gasteiger partial charge is 0.234 e. The molecule has 0 aliphatic rings. The van der Waals surface area contributed by atoms with Gasteiger partial charge in [0, 0.05) is 18.2 Å². The van der Waals surface area contributed by atoms with Crippen LogP contribution >= 0.6 is 11.8 Å². The largest absolute Gasteiger partial charge is 0.338 e. The lowest BCUT2D eigenvalue weighted by Crippen LogP contribution is -2.14. The maximum absolute atomic E-state index is 11.8. The van der Waals surface area contributed by atoms with Gasteiger partial charge in [-0.3, -0.25) is 9.59 Å². The van der Waals surface area contributed by atoms with E-state index in [9.17, 15) is 9.59 Å². The topological polar surface area (TPSA) is 74.8 Å². The van der Waals surface area contributed by atoms with E-state index in [2.05, 4.69) is 15.3 Å². The Hall–Kier alpha value is -2.60. The van der Waals surface area contributed by atoms with Gasteiger partial charge >= 0.3 is 0 Å². The van der Waals surface area contributed by atoms with Gasteiger partial charge in [-0.05, 0) is 24.3 Å². The maximum Gasteiger partial charge on any atom is 0.234 e. The summed E-state index contributed by atoms with van der Waals surface area (Å²) in [5.74, 6) is 0.664. The molecule has 1 amide bonds. The van der Waals surface area contributed by atoms with Crippen molar-refractivity contribution in [2.45, 2.75) is 6.92 Å². The number of nitrogens with zero attached hydrogens (tertiary/aromatic N) is 1. The zero-order valence-electron chi connectivity index (χ0n) is 12.5. The molecule has 0 unspecified atom stereocenters. The molecule has 2 aromatic carbocycles. The Morgan fingerprint density at radius 2 is 2.00 bits per heavy atom. The number of fused-ring (bicyclic) bond motifs is 1. The molecule has 0 atom stereocenters. The molecule has 3 aromatic rings. The summed E-state index contributed by atoms with van der Waals surface area (Å²) >= 11 is 0.993. The monoisotopic (exact) mass is 325 g/mol. The van der Waals surface area contributed by atoms with Crippen molar-refractivity contribution >= 4 is 39.5 Å². The second kappa shape index (κ2) is 6.66. The van der Waals surface area contributed by atoms with Crippen LogP contribution in [0.2, 0.25) is 0 Å². The molecule has 0 fully saturated rings. The Kier molecular flexibility index (Phi) is 4.43. The number of rotatable bonds is 4. The number of imidazole rings is 1. The normalized spacial score (nSPS) is 10.7. The minimum atomic E-state index is -0.202. The third-order valence-electron chi connectivity index (χ3n) is 3.22. The number of amides is 1. The summed E-state index contributed by atoms with van der Waals surface area (Å²) in [6.45, 7) is 1.44. The van der Waals surface area contributed by atoms with Crippen LogP contribution in [-0.2, 0) is 9.59 Å². The third kappa shape index (κ3) is 3.78. The highest BCUT2D eigenvalue weighted by atomic mass is 32.2. The second-order valence-electron chi connectivity index (χ2n) is 5.01. The molecule has 0 aliphatic heterocycles. The summed E-state index contributed by atoms with van der Waals surface area (Å²) in [6, 6.07) is 15.3. The quantitative estimate of drug-likeness (QED) is 0.770. The van der Waals surface area contributed by atoms with Crippen LogP contribution in [0, 0.1) is 0 Å². The van der Waals surface area contributed by atoms with Crippen molar-refractivity contribution in [3.05, 3.63) is 48.5 Å². The van der Waals surface area contributed by atoms with Gasteiger partial charge in [-0.25, -0.2) is 4.98 Å².